The Morgan fingerprint density at radius 3 is 2.54 bits per heavy atom. The molecule has 0 aliphatic heterocycles. The molecule has 1 fully saturated rings. The lowest BCUT2D eigenvalue weighted by atomic mass is 9.84. The zero-order valence-corrected chi connectivity index (χ0v) is 17.0. The number of nitrogens with zero attached hydrogens (tertiary/aromatic N) is 2. The summed E-state index contributed by atoms with van der Waals surface area (Å²) < 4.78 is 1.50. The summed E-state index contributed by atoms with van der Waals surface area (Å²) in [5.74, 6) is -0.291. The first-order chi connectivity index (χ1) is 13.5. The third-order valence-electron chi connectivity index (χ3n) is 5.80. The van der Waals surface area contributed by atoms with Crippen LogP contribution in [0.15, 0.2) is 40.5 Å². The Labute approximate surface area is 167 Å². The van der Waals surface area contributed by atoms with E-state index in [4.69, 9.17) is 0 Å². The zero-order chi connectivity index (χ0) is 19.8. The number of hydrogen-bond acceptors (Lipinski definition) is 4. The summed E-state index contributed by atoms with van der Waals surface area (Å²) in [5, 5.41) is 13.8. The van der Waals surface area contributed by atoms with E-state index in [0.29, 0.717) is 17.0 Å². The van der Waals surface area contributed by atoms with Crippen LogP contribution < -0.4 is 10.5 Å². The number of para-hydroxylation sites is 1. The van der Waals surface area contributed by atoms with Crippen LogP contribution in [0.4, 0.5) is 5.69 Å². The van der Waals surface area contributed by atoms with Crippen molar-refractivity contribution < 1.29 is 9.90 Å². The van der Waals surface area contributed by atoms with Crippen LogP contribution >= 0.6 is 11.3 Å². The molecule has 28 heavy (non-hydrogen) atoms. The van der Waals surface area contributed by atoms with E-state index < -0.39 is 11.5 Å². The van der Waals surface area contributed by atoms with Crippen LogP contribution in [0.3, 0.4) is 0 Å². The first-order valence-corrected chi connectivity index (χ1v) is 10.5. The van der Waals surface area contributed by atoms with Gasteiger partial charge >= 0.3 is 0 Å². The molecule has 3 aromatic rings. The van der Waals surface area contributed by atoms with Crippen molar-refractivity contribution >= 4 is 33.1 Å². The SMILES string of the molecule is CN(C(=O)c1c(O)c2c(C3CCCCC3)csc2n(C)c1=O)c1ccccc1. The van der Waals surface area contributed by atoms with Crippen molar-refractivity contribution in [2.75, 3.05) is 11.9 Å². The maximum atomic E-state index is 13.1. The maximum absolute atomic E-state index is 13.1. The number of rotatable bonds is 3. The van der Waals surface area contributed by atoms with Crippen molar-refractivity contribution in [2.45, 2.75) is 38.0 Å². The number of thiophene rings is 1. The van der Waals surface area contributed by atoms with Crippen molar-refractivity contribution in [2.24, 2.45) is 7.05 Å². The number of pyridine rings is 1. The number of carbonyl (C=O) groups is 1. The summed E-state index contributed by atoms with van der Waals surface area (Å²) in [4.78, 5) is 28.2. The fourth-order valence-corrected chi connectivity index (χ4v) is 5.30. The molecule has 0 saturated heterocycles. The van der Waals surface area contributed by atoms with Crippen LogP contribution in [0.1, 0.15) is 53.9 Å². The Balaban J connectivity index is 1.86. The Bertz CT molecular complexity index is 1080. The van der Waals surface area contributed by atoms with E-state index in [-0.39, 0.29) is 11.3 Å². The smallest absolute Gasteiger partial charge is 0.268 e. The second kappa shape index (κ2) is 7.43. The molecule has 0 spiro atoms. The number of amides is 1. The van der Waals surface area contributed by atoms with Crippen LogP contribution in [-0.2, 0) is 7.05 Å². The minimum Gasteiger partial charge on any atom is -0.506 e. The number of carbonyl (C=O) groups excluding carboxylic acids is 1. The van der Waals surface area contributed by atoms with Crippen LogP contribution in [0, 0.1) is 0 Å². The molecule has 6 heteroatoms. The molecular formula is C22H24N2O3S. The number of aromatic hydroxyl groups is 1. The van der Waals surface area contributed by atoms with Gasteiger partial charge in [-0.1, -0.05) is 37.5 Å². The average molecular weight is 397 g/mol. The predicted molar refractivity (Wildman–Crippen MR) is 114 cm³/mol. The van der Waals surface area contributed by atoms with Gasteiger partial charge in [-0.05, 0) is 41.8 Å². The standard InChI is InChI=1S/C22H24N2O3S/c1-23(15-11-7-4-8-12-15)20(26)18-19(25)17-16(14-9-5-3-6-10-14)13-28-22(17)24(2)21(18)27/h4,7-8,11-14,25H,3,5-6,9-10H2,1-2H3. The fourth-order valence-electron chi connectivity index (χ4n) is 4.17. The van der Waals surface area contributed by atoms with Gasteiger partial charge in [0, 0.05) is 19.8 Å². The Kier molecular flexibility index (Phi) is 4.98. The highest BCUT2D eigenvalue weighted by Gasteiger charge is 2.29. The number of aryl methyl sites for hydroxylation is 1. The van der Waals surface area contributed by atoms with Gasteiger partial charge in [0.15, 0.2) is 0 Å². The Morgan fingerprint density at radius 2 is 1.86 bits per heavy atom. The molecule has 2 heterocycles. The van der Waals surface area contributed by atoms with E-state index in [1.165, 1.54) is 40.1 Å². The van der Waals surface area contributed by atoms with Crippen molar-refractivity contribution in [3.8, 4) is 5.75 Å². The fraction of sp³-hybridized carbons (Fsp3) is 0.364. The molecule has 0 unspecified atom stereocenters. The van der Waals surface area contributed by atoms with Crippen molar-refractivity contribution in [3.05, 3.63) is 57.2 Å². The van der Waals surface area contributed by atoms with Crippen LogP contribution in [0.5, 0.6) is 5.75 Å². The van der Waals surface area contributed by atoms with Gasteiger partial charge < -0.3 is 14.6 Å². The van der Waals surface area contributed by atoms with Gasteiger partial charge in [0.2, 0.25) is 0 Å². The quantitative estimate of drug-likeness (QED) is 0.702. The normalized spacial score (nSPS) is 15.1. The second-order valence-corrected chi connectivity index (χ2v) is 8.35. The molecule has 1 saturated carbocycles. The molecule has 1 amide bonds. The summed E-state index contributed by atoms with van der Waals surface area (Å²) in [6, 6.07) is 9.14. The molecular weight excluding hydrogens is 372 g/mol. The number of benzene rings is 1. The van der Waals surface area contributed by atoms with Gasteiger partial charge in [-0.25, -0.2) is 0 Å². The molecule has 1 N–H and O–H groups in total. The van der Waals surface area contributed by atoms with E-state index in [0.717, 1.165) is 23.2 Å². The number of hydrogen-bond donors (Lipinski definition) is 1. The molecule has 2 aromatic heterocycles. The Morgan fingerprint density at radius 1 is 1.18 bits per heavy atom. The van der Waals surface area contributed by atoms with Gasteiger partial charge in [0.25, 0.3) is 11.5 Å². The number of anilines is 1. The van der Waals surface area contributed by atoms with Crippen LogP contribution in [-0.4, -0.2) is 22.6 Å². The molecule has 0 atom stereocenters. The molecule has 1 aliphatic rings. The summed E-state index contributed by atoms with van der Waals surface area (Å²) in [6.07, 6.45) is 5.77. The first kappa shape index (κ1) is 18.7. The second-order valence-electron chi connectivity index (χ2n) is 7.49. The van der Waals surface area contributed by atoms with E-state index in [1.807, 2.05) is 18.2 Å². The predicted octanol–water partition coefficient (Wildman–Crippen LogP) is 4.63. The van der Waals surface area contributed by atoms with Gasteiger partial charge in [0.05, 0.1) is 5.39 Å². The number of fused-ring (bicyclic) bond motifs is 1. The molecule has 146 valence electrons. The van der Waals surface area contributed by atoms with Crippen LogP contribution in [0.2, 0.25) is 0 Å². The first-order valence-electron chi connectivity index (χ1n) is 9.67. The minimum absolute atomic E-state index is 0.156. The average Bonchev–Trinajstić information content (AvgIpc) is 3.18. The molecule has 0 bridgehead atoms. The lowest BCUT2D eigenvalue weighted by Crippen LogP contribution is -2.34. The molecule has 0 radical (unpaired) electrons. The van der Waals surface area contributed by atoms with Gasteiger partial charge in [-0.3, -0.25) is 9.59 Å². The summed E-state index contributed by atoms with van der Waals surface area (Å²) >= 11 is 1.47. The zero-order valence-electron chi connectivity index (χ0n) is 16.1. The monoisotopic (exact) mass is 396 g/mol. The third-order valence-corrected chi connectivity index (χ3v) is 6.88. The highest BCUT2D eigenvalue weighted by atomic mass is 32.1. The van der Waals surface area contributed by atoms with E-state index in [9.17, 15) is 14.7 Å². The van der Waals surface area contributed by atoms with E-state index >= 15 is 0 Å². The van der Waals surface area contributed by atoms with Gasteiger partial charge in [0.1, 0.15) is 16.1 Å². The highest BCUT2D eigenvalue weighted by molar-refractivity contribution is 7.17. The van der Waals surface area contributed by atoms with Crippen molar-refractivity contribution in [1.82, 2.24) is 4.57 Å². The lowest BCUT2D eigenvalue weighted by molar-refractivity contribution is 0.0988. The van der Waals surface area contributed by atoms with Crippen molar-refractivity contribution in [1.29, 1.82) is 0 Å². The molecule has 1 aromatic carbocycles. The summed E-state index contributed by atoms with van der Waals surface area (Å²) in [5.41, 5.74) is 1.13. The van der Waals surface area contributed by atoms with Crippen molar-refractivity contribution in [3.63, 3.8) is 0 Å². The van der Waals surface area contributed by atoms with E-state index in [1.54, 1.807) is 26.2 Å². The minimum atomic E-state index is -0.494. The summed E-state index contributed by atoms with van der Waals surface area (Å²) in [6.45, 7) is 0. The topological polar surface area (TPSA) is 62.5 Å². The maximum Gasteiger partial charge on any atom is 0.268 e. The molecule has 4 rings (SSSR count). The Hall–Kier alpha value is -2.60. The van der Waals surface area contributed by atoms with Crippen LogP contribution in [0.25, 0.3) is 10.2 Å². The highest BCUT2D eigenvalue weighted by Crippen LogP contribution is 2.42. The largest absolute Gasteiger partial charge is 0.506 e. The third kappa shape index (κ3) is 3.02. The number of aromatic nitrogens is 1. The summed E-state index contributed by atoms with van der Waals surface area (Å²) in [7, 11) is 3.29. The molecule has 5 nitrogen and oxygen atoms in total. The van der Waals surface area contributed by atoms with Gasteiger partial charge in [-0.2, -0.15) is 0 Å². The van der Waals surface area contributed by atoms with E-state index in [2.05, 4.69) is 5.38 Å². The van der Waals surface area contributed by atoms with Gasteiger partial charge in [-0.15, -0.1) is 11.3 Å². The lowest BCUT2D eigenvalue weighted by Gasteiger charge is -2.22. The molecule has 1 aliphatic carbocycles.